The lowest BCUT2D eigenvalue weighted by atomic mass is 10.0. The summed E-state index contributed by atoms with van der Waals surface area (Å²) in [5, 5.41) is 12.7. The molecule has 25 heavy (non-hydrogen) atoms. The summed E-state index contributed by atoms with van der Waals surface area (Å²) >= 11 is 0. The van der Waals surface area contributed by atoms with Gasteiger partial charge in [0, 0.05) is 38.4 Å². The van der Waals surface area contributed by atoms with Crippen LogP contribution in [0.4, 0.5) is 5.82 Å². The largest absolute Gasteiger partial charge is 0.355 e. The normalized spacial score (nSPS) is 15.6. The molecule has 7 heteroatoms. The molecule has 0 aliphatic carbocycles. The standard InChI is InChI=1S/C18H26N6O/c1-13(2)24-12-15(11-19-24)18(25)23-9-7-16(8-10-23)22(4)17-6-5-14(3)20-21-17/h5-6,11-13,16H,7-10H2,1-4H3. The average Bonchev–Trinajstić information content (AvgIpc) is 3.12. The van der Waals surface area contributed by atoms with Crippen LogP contribution in [0.25, 0.3) is 0 Å². The van der Waals surface area contributed by atoms with E-state index in [1.54, 1.807) is 6.20 Å². The van der Waals surface area contributed by atoms with E-state index in [-0.39, 0.29) is 11.9 Å². The molecular formula is C18H26N6O. The van der Waals surface area contributed by atoms with E-state index in [4.69, 9.17) is 0 Å². The van der Waals surface area contributed by atoms with Crippen LogP contribution in [-0.2, 0) is 0 Å². The zero-order chi connectivity index (χ0) is 18.0. The Morgan fingerprint density at radius 2 is 1.96 bits per heavy atom. The first-order valence-corrected chi connectivity index (χ1v) is 8.82. The molecular weight excluding hydrogens is 316 g/mol. The lowest BCUT2D eigenvalue weighted by Crippen LogP contribution is -2.45. The van der Waals surface area contributed by atoms with Crippen molar-refractivity contribution in [3.63, 3.8) is 0 Å². The molecule has 0 unspecified atom stereocenters. The van der Waals surface area contributed by atoms with Gasteiger partial charge in [-0.2, -0.15) is 10.2 Å². The maximum Gasteiger partial charge on any atom is 0.257 e. The molecule has 0 aromatic carbocycles. The molecule has 134 valence electrons. The van der Waals surface area contributed by atoms with Crippen LogP contribution in [0.15, 0.2) is 24.5 Å². The van der Waals surface area contributed by atoms with Gasteiger partial charge in [-0.3, -0.25) is 9.48 Å². The predicted octanol–water partition coefficient (Wildman–Crippen LogP) is 2.30. The van der Waals surface area contributed by atoms with Crippen LogP contribution in [0.3, 0.4) is 0 Å². The SMILES string of the molecule is Cc1ccc(N(C)C2CCN(C(=O)c3cnn(C(C)C)c3)CC2)nn1. The predicted molar refractivity (Wildman–Crippen MR) is 96.7 cm³/mol. The number of rotatable bonds is 4. The van der Waals surface area contributed by atoms with Gasteiger partial charge in [0.15, 0.2) is 5.82 Å². The molecule has 0 saturated carbocycles. The molecule has 1 aliphatic rings. The first-order valence-electron chi connectivity index (χ1n) is 8.82. The van der Waals surface area contributed by atoms with Crippen LogP contribution < -0.4 is 4.90 Å². The lowest BCUT2D eigenvalue weighted by Gasteiger charge is -2.37. The Morgan fingerprint density at radius 1 is 1.24 bits per heavy atom. The summed E-state index contributed by atoms with van der Waals surface area (Å²) in [6.07, 6.45) is 5.36. The first-order chi connectivity index (χ1) is 12.0. The number of hydrogen-bond donors (Lipinski definition) is 0. The van der Waals surface area contributed by atoms with Gasteiger partial charge in [-0.15, -0.1) is 5.10 Å². The highest BCUT2D eigenvalue weighted by molar-refractivity contribution is 5.93. The number of piperidine rings is 1. The number of amides is 1. The van der Waals surface area contributed by atoms with Crippen molar-refractivity contribution in [3.05, 3.63) is 35.8 Å². The average molecular weight is 342 g/mol. The summed E-state index contributed by atoms with van der Waals surface area (Å²) in [7, 11) is 2.05. The summed E-state index contributed by atoms with van der Waals surface area (Å²) in [6, 6.07) is 4.61. The molecule has 1 aliphatic heterocycles. The number of anilines is 1. The number of carbonyl (C=O) groups excluding carboxylic acids is 1. The number of likely N-dealkylation sites (tertiary alicyclic amines) is 1. The number of aryl methyl sites for hydroxylation is 1. The monoisotopic (exact) mass is 342 g/mol. The van der Waals surface area contributed by atoms with Gasteiger partial charge >= 0.3 is 0 Å². The third kappa shape index (κ3) is 3.81. The van der Waals surface area contributed by atoms with Gasteiger partial charge < -0.3 is 9.80 Å². The molecule has 0 spiro atoms. The van der Waals surface area contributed by atoms with E-state index < -0.39 is 0 Å². The van der Waals surface area contributed by atoms with Crippen molar-refractivity contribution < 1.29 is 4.79 Å². The summed E-state index contributed by atoms with van der Waals surface area (Å²) in [4.78, 5) is 16.8. The Kier molecular flexibility index (Phi) is 5.01. The number of nitrogens with zero attached hydrogens (tertiary/aromatic N) is 6. The van der Waals surface area contributed by atoms with Gasteiger partial charge in [0.2, 0.25) is 0 Å². The van der Waals surface area contributed by atoms with Gasteiger partial charge in [0.25, 0.3) is 5.91 Å². The Bertz CT molecular complexity index is 715. The maximum absolute atomic E-state index is 12.7. The lowest BCUT2D eigenvalue weighted by molar-refractivity contribution is 0.0713. The molecule has 1 amide bonds. The van der Waals surface area contributed by atoms with Crippen molar-refractivity contribution >= 4 is 11.7 Å². The molecule has 2 aromatic heterocycles. The van der Waals surface area contributed by atoms with Gasteiger partial charge in [0.1, 0.15) is 0 Å². The second-order valence-corrected chi connectivity index (χ2v) is 6.97. The molecule has 0 atom stereocenters. The second-order valence-electron chi connectivity index (χ2n) is 6.97. The molecule has 3 heterocycles. The second kappa shape index (κ2) is 7.21. The molecule has 0 radical (unpaired) electrons. The van der Waals surface area contributed by atoms with Crippen molar-refractivity contribution in [2.45, 2.75) is 45.7 Å². The molecule has 0 N–H and O–H groups in total. The van der Waals surface area contributed by atoms with Crippen LogP contribution in [0, 0.1) is 6.92 Å². The summed E-state index contributed by atoms with van der Waals surface area (Å²) < 4.78 is 1.82. The number of aromatic nitrogens is 4. The fraction of sp³-hybridized carbons (Fsp3) is 0.556. The summed E-state index contributed by atoms with van der Waals surface area (Å²) in [5.74, 6) is 0.955. The van der Waals surface area contributed by atoms with Crippen LogP contribution in [0.2, 0.25) is 0 Å². The minimum Gasteiger partial charge on any atom is -0.355 e. The Balaban J connectivity index is 1.59. The number of hydrogen-bond acceptors (Lipinski definition) is 5. The maximum atomic E-state index is 12.7. The molecule has 2 aromatic rings. The molecule has 1 fully saturated rings. The van der Waals surface area contributed by atoms with Crippen LogP contribution in [0.5, 0.6) is 0 Å². The zero-order valence-corrected chi connectivity index (χ0v) is 15.4. The van der Waals surface area contributed by atoms with E-state index in [2.05, 4.69) is 34.0 Å². The zero-order valence-electron chi connectivity index (χ0n) is 15.4. The van der Waals surface area contributed by atoms with Crippen molar-refractivity contribution in [1.29, 1.82) is 0 Å². The fourth-order valence-electron chi connectivity index (χ4n) is 3.14. The topological polar surface area (TPSA) is 67.2 Å². The van der Waals surface area contributed by atoms with Crippen LogP contribution >= 0.6 is 0 Å². The fourth-order valence-corrected chi connectivity index (χ4v) is 3.14. The van der Waals surface area contributed by atoms with Crippen molar-refractivity contribution in [3.8, 4) is 0 Å². The van der Waals surface area contributed by atoms with E-state index >= 15 is 0 Å². The molecule has 3 rings (SSSR count). The van der Waals surface area contributed by atoms with Gasteiger partial charge in [-0.1, -0.05) is 0 Å². The quantitative estimate of drug-likeness (QED) is 0.853. The van der Waals surface area contributed by atoms with E-state index in [0.29, 0.717) is 11.6 Å². The number of carbonyl (C=O) groups is 1. The van der Waals surface area contributed by atoms with Crippen molar-refractivity contribution in [1.82, 2.24) is 24.9 Å². The highest BCUT2D eigenvalue weighted by atomic mass is 16.2. The smallest absolute Gasteiger partial charge is 0.257 e. The van der Waals surface area contributed by atoms with Crippen LogP contribution in [0.1, 0.15) is 48.8 Å². The summed E-state index contributed by atoms with van der Waals surface area (Å²) in [5.41, 5.74) is 1.59. The highest BCUT2D eigenvalue weighted by Crippen LogP contribution is 2.21. The third-order valence-electron chi connectivity index (χ3n) is 4.82. The van der Waals surface area contributed by atoms with E-state index in [1.165, 1.54) is 0 Å². The minimum absolute atomic E-state index is 0.0723. The van der Waals surface area contributed by atoms with E-state index in [1.807, 2.05) is 41.9 Å². The minimum atomic E-state index is 0.0723. The van der Waals surface area contributed by atoms with Crippen molar-refractivity contribution in [2.75, 3.05) is 25.0 Å². The third-order valence-corrected chi connectivity index (χ3v) is 4.82. The molecule has 0 bridgehead atoms. The molecule has 1 saturated heterocycles. The highest BCUT2D eigenvalue weighted by Gasteiger charge is 2.27. The molecule has 7 nitrogen and oxygen atoms in total. The Hall–Kier alpha value is -2.44. The van der Waals surface area contributed by atoms with Crippen molar-refractivity contribution in [2.24, 2.45) is 0 Å². The Labute approximate surface area is 148 Å². The van der Waals surface area contributed by atoms with Gasteiger partial charge in [-0.25, -0.2) is 0 Å². The van der Waals surface area contributed by atoms with E-state index in [9.17, 15) is 4.79 Å². The van der Waals surface area contributed by atoms with E-state index in [0.717, 1.165) is 37.4 Å². The van der Waals surface area contributed by atoms with Crippen LogP contribution in [-0.4, -0.2) is 57.0 Å². The van der Waals surface area contributed by atoms with Gasteiger partial charge in [0.05, 0.1) is 17.5 Å². The first kappa shape index (κ1) is 17.4. The van der Waals surface area contributed by atoms with Gasteiger partial charge in [-0.05, 0) is 45.7 Å². The summed E-state index contributed by atoms with van der Waals surface area (Å²) in [6.45, 7) is 7.54. The Morgan fingerprint density at radius 3 is 2.52 bits per heavy atom.